The zero-order chi connectivity index (χ0) is 25.9. The second-order valence-electron chi connectivity index (χ2n) is 9.07. The van der Waals surface area contributed by atoms with Gasteiger partial charge in [0.15, 0.2) is 5.82 Å². The molecule has 3 heterocycles. The first-order valence-corrected chi connectivity index (χ1v) is 12.1. The molecule has 3 aromatic heterocycles. The van der Waals surface area contributed by atoms with Crippen LogP contribution in [-0.2, 0) is 17.8 Å². The van der Waals surface area contributed by atoms with E-state index in [0.29, 0.717) is 28.1 Å². The second-order valence-corrected chi connectivity index (χ2v) is 9.07. The summed E-state index contributed by atoms with van der Waals surface area (Å²) in [5.74, 6) is -0.263. The molecule has 8 nitrogen and oxygen atoms in total. The van der Waals surface area contributed by atoms with Gasteiger partial charge in [-0.25, -0.2) is 13.8 Å². The molecule has 188 valence electrons. The van der Waals surface area contributed by atoms with Crippen LogP contribution in [0.2, 0.25) is 0 Å². The number of halogens is 1. The summed E-state index contributed by atoms with van der Waals surface area (Å²) in [6.07, 6.45) is 5.18. The zero-order valence-electron chi connectivity index (χ0n) is 20.6. The molecule has 0 aliphatic carbocycles. The number of carbonyl (C=O) groups is 1. The summed E-state index contributed by atoms with van der Waals surface area (Å²) in [6, 6.07) is 19.7. The average Bonchev–Trinajstić information content (AvgIpc) is 3.55. The Balaban J connectivity index is 1.46. The van der Waals surface area contributed by atoms with Crippen LogP contribution in [0.3, 0.4) is 0 Å². The van der Waals surface area contributed by atoms with Crippen molar-refractivity contribution in [3.05, 3.63) is 107 Å². The summed E-state index contributed by atoms with van der Waals surface area (Å²) >= 11 is 0. The maximum atomic E-state index is 14.0. The largest absolute Gasteiger partial charge is 0.352 e. The Kier molecular flexibility index (Phi) is 6.68. The summed E-state index contributed by atoms with van der Waals surface area (Å²) in [5, 5.41) is 12.3. The number of benzene rings is 2. The molecular formula is C28H27FN6O2. The van der Waals surface area contributed by atoms with Crippen LogP contribution in [0.4, 0.5) is 4.39 Å². The summed E-state index contributed by atoms with van der Waals surface area (Å²) < 4.78 is 18.5. The molecule has 0 aliphatic rings. The molecule has 5 rings (SSSR count). The van der Waals surface area contributed by atoms with Crippen LogP contribution in [0.5, 0.6) is 0 Å². The number of amides is 1. The highest BCUT2D eigenvalue weighted by molar-refractivity contribution is 5.88. The van der Waals surface area contributed by atoms with E-state index >= 15 is 0 Å². The van der Waals surface area contributed by atoms with Gasteiger partial charge in [0.2, 0.25) is 5.91 Å². The van der Waals surface area contributed by atoms with Gasteiger partial charge >= 0.3 is 0 Å². The fraction of sp³-hybridized carbons (Fsp3) is 0.214. The van der Waals surface area contributed by atoms with Crippen LogP contribution in [0.25, 0.3) is 22.4 Å². The van der Waals surface area contributed by atoms with Crippen molar-refractivity contribution in [1.29, 1.82) is 0 Å². The highest BCUT2D eigenvalue weighted by Crippen LogP contribution is 2.24. The van der Waals surface area contributed by atoms with Gasteiger partial charge in [-0.05, 0) is 62.6 Å². The number of fused-ring (bicyclic) bond motifs is 1. The Hall–Kier alpha value is -4.53. The lowest BCUT2D eigenvalue weighted by Gasteiger charge is -2.14. The first-order valence-electron chi connectivity index (χ1n) is 12.1. The highest BCUT2D eigenvalue weighted by atomic mass is 19.1. The van der Waals surface area contributed by atoms with Crippen molar-refractivity contribution in [1.82, 2.24) is 29.4 Å². The third-order valence-corrected chi connectivity index (χ3v) is 6.23. The molecule has 0 spiro atoms. The average molecular weight is 499 g/mol. The fourth-order valence-electron chi connectivity index (χ4n) is 4.43. The molecular weight excluding hydrogens is 471 g/mol. The van der Waals surface area contributed by atoms with E-state index in [-0.39, 0.29) is 18.5 Å². The molecule has 5 aromatic rings. The number of carbonyl (C=O) groups excluding carboxylic acids is 1. The van der Waals surface area contributed by atoms with Gasteiger partial charge in [0, 0.05) is 18.4 Å². The van der Waals surface area contributed by atoms with E-state index < -0.39 is 11.4 Å². The van der Waals surface area contributed by atoms with E-state index in [2.05, 4.69) is 27.6 Å². The van der Waals surface area contributed by atoms with Gasteiger partial charge in [-0.2, -0.15) is 10.2 Å². The van der Waals surface area contributed by atoms with Crippen LogP contribution in [0.1, 0.15) is 24.6 Å². The van der Waals surface area contributed by atoms with E-state index in [4.69, 9.17) is 0 Å². The first kappa shape index (κ1) is 24.2. The van der Waals surface area contributed by atoms with Crippen LogP contribution < -0.4 is 10.9 Å². The second kappa shape index (κ2) is 10.2. The maximum absolute atomic E-state index is 14.0. The van der Waals surface area contributed by atoms with Crippen molar-refractivity contribution < 1.29 is 9.18 Å². The van der Waals surface area contributed by atoms with Gasteiger partial charge in [-0.1, -0.05) is 36.4 Å². The minimum Gasteiger partial charge on any atom is -0.352 e. The molecule has 9 heteroatoms. The molecule has 1 atom stereocenters. The van der Waals surface area contributed by atoms with Crippen molar-refractivity contribution in [2.45, 2.75) is 39.3 Å². The highest BCUT2D eigenvalue weighted by Gasteiger charge is 2.22. The van der Waals surface area contributed by atoms with Crippen LogP contribution in [0.15, 0.2) is 83.9 Å². The molecule has 0 unspecified atom stereocenters. The minimum absolute atomic E-state index is 0.0700. The fourth-order valence-corrected chi connectivity index (χ4v) is 4.43. The molecule has 2 aromatic carbocycles. The normalized spacial score (nSPS) is 12.1. The smallest absolute Gasteiger partial charge is 0.280 e. The van der Waals surface area contributed by atoms with Gasteiger partial charge in [0.1, 0.15) is 23.3 Å². The standard InChI is InChI=1S/C28H27FN6O2/c1-19(13-14-21-9-4-3-5-10-21)30-24(36)18-34-28(37)25-26(20(2)31-34)32-35(23-12-8-11-22(29)17-23)27(25)33-15-6-7-16-33/h3-12,15-17,19H,13-14,18H2,1-2H3,(H,30,36)/t19-/m1/s1. The molecule has 0 fully saturated rings. The maximum Gasteiger partial charge on any atom is 0.280 e. The minimum atomic E-state index is -0.445. The molecule has 37 heavy (non-hydrogen) atoms. The lowest BCUT2D eigenvalue weighted by molar-refractivity contribution is -0.122. The van der Waals surface area contributed by atoms with Crippen molar-refractivity contribution in [3.8, 4) is 11.5 Å². The van der Waals surface area contributed by atoms with Crippen molar-refractivity contribution in [3.63, 3.8) is 0 Å². The molecule has 0 radical (unpaired) electrons. The molecule has 1 N–H and O–H groups in total. The predicted octanol–water partition coefficient (Wildman–Crippen LogP) is 3.96. The molecule has 1 amide bonds. The molecule has 0 saturated carbocycles. The van der Waals surface area contributed by atoms with E-state index in [1.54, 1.807) is 36.0 Å². The summed E-state index contributed by atoms with van der Waals surface area (Å²) in [7, 11) is 0. The lowest BCUT2D eigenvalue weighted by Crippen LogP contribution is -2.38. The van der Waals surface area contributed by atoms with Crippen LogP contribution in [-0.4, -0.2) is 36.1 Å². The number of hydrogen-bond donors (Lipinski definition) is 1. The van der Waals surface area contributed by atoms with Crippen LogP contribution >= 0.6 is 0 Å². The molecule has 0 saturated heterocycles. The Morgan fingerprint density at radius 1 is 1.03 bits per heavy atom. The van der Waals surface area contributed by atoms with Crippen molar-refractivity contribution >= 4 is 16.8 Å². The number of aryl methyl sites for hydroxylation is 2. The van der Waals surface area contributed by atoms with Gasteiger partial charge in [-0.3, -0.25) is 9.59 Å². The van der Waals surface area contributed by atoms with Gasteiger partial charge in [0.05, 0.1) is 11.4 Å². The van der Waals surface area contributed by atoms with E-state index in [1.165, 1.54) is 27.1 Å². The molecule has 0 bridgehead atoms. The quantitative estimate of drug-likeness (QED) is 0.351. The summed E-state index contributed by atoms with van der Waals surface area (Å²) in [4.78, 5) is 26.5. The third kappa shape index (κ3) is 5.06. The Bertz CT molecular complexity index is 1610. The van der Waals surface area contributed by atoms with Crippen LogP contribution in [0, 0.1) is 12.7 Å². The molecule has 0 aliphatic heterocycles. The number of hydrogen-bond acceptors (Lipinski definition) is 4. The predicted molar refractivity (Wildman–Crippen MR) is 140 cm³/mol. The van der Waals surface area contributed by atoms with Gasteiger partial charge < -0.3 is 9.88 Å². The SMILES string of the molecule is Cc1nn(CC(=O)N[C@H](C)CCc2ccccc2)c(=O)c2c(-n3cccc3)n(-c3cccc(F)c3)nc12. The van der Waals surface area contributed by atoms with E-state index in [0.717, 1.165) is 12.8 Å². The van der Waals surface area contributed by atoms with Crippen molar-refractivity contribution in [2.75, 3.05) is 0 Å². The zero-order valence-corrected chi connectivity index (χ0v) is 20.6. The Morgan fingerprint density at radius 2 is 1.78 bits per heavy atom. The summed E-state index contributed by atoms with van der Waals surface area (Å²) in [6.45, 7) is 3.46. The van der Waals surface area contributed by atoms with E-state index in [1.807, 2.05) is 37.3 Å². The Labute approximate surface area is 213 Å². The number of nitrogens with one attached hydrogen (secondary N) is 1. The Morgan fingerprint density at radius 3 is 2.51 bits per heavy atom. The summed E-state index contributed by atoms with van der Waals surface area (Å²) in [5.41, 5.74) is 2.11. The monoisotopic (exact) mass is 498 g/mol. The van der Waals surface area contributed by atoms with Gasteiger partial charge in [-0.15, -0.1) is 0 Å². The third-order valence-electron chi connectivity index (χ3n) is 6.23. The number of rotatable bonds is 8. The first-order chi connectivity index (χ1) is 17.9. The number of aromatic nitrogens is 5. The van der Waals surface area contributed by atoms with Gasteiger partial charge in [0.25, 0.3) is 5.56 Å². The lowest BCUT2D eigenvalue weighted by atomic mass is 10.1. The topological polar surface area (TPSA) is 86.7 Å². The van der Waals surface area contributed by atoms with E-state index in [9.17, 15) is 14.0 Å². The van der Waals surface area contributed by atoms with Crippen molar-refractivity contribution in [2.24, 2.45) is 0 Å². The number of nitrogens with zero attached hydrogens (tertiary/aromatic N) is 5.